The van der Waals surface area contributed by atoms with Crippen LogP contribution in [0.2, 0.25) is 5.28 Å². The number of nitrogens with one attached hydrogen (secondary N) is 1. The molecule has 1 amide bonds. The van der Waals surface area contributed by atoms with E-state index in [4.69, 9.17) is 11.6 Å². The van der Waals surface area contributed by atoms with Crippen LogP contribution < -0.4 is 16.6 Å². The van der Waals surface area contributed by atoms with E-state index in [1.54, 1.807) is 0 Å². The molecule has 0 unspecified atom stereocenters. The summed E-state index contributed by atoms with van der Waals surface area (Å²) in [5, 5.41) is 2.92. The van der Waals surface area contributed by atoms with E-state index in [9.17, 15) is 14.4 Å². The summed E-state index contributed by atoms with van der Waals surface area (Å²) >= 11 is 6.08. The Kier molecular flexibility index (Phi) is 3.79. The summed E-state index contributed by atoms with van der Waals surface area (Å²) in [6, 6.07) is 0.100. The molecule has 8 nitrogen and oxygen atoms in total. The van der Waals surface area contributed by atoms with Crippen LogP contribution in [0.3, 0.4) is 0 Å². The highest BCUT2D eigenvalue weighted by atomic mass is 35.5. The molecule has 9 heteroatoms. The van der Waals surface area contributed by atoms with Crippen molar-refractivity contribution in [3.05, 3.63) is 26.1 Å². The van der Waals surface area contributed by atoms with Crippen molar-refractivity contribution >= 4 is 28.7 Å². The molecular formula is C14H18ClN5O3. The molecule has 1 saturated carbocycles. The number of amides is 1. The van der Waals surface area contributed by atoms with Gasteiger partial charge in [-0.1, -0.05) is 0 Å². The Bertz CT molecular complexity index is 906. The molecule has 1 aliphatic carbocycles. The summed E-state index contributed by atoms with van der Waals surface area (Å²) in [6.45, 7) is 1.85. The third-order valence-electron chi connectivity index (χ3n) is 4.32. The molecule has 2 aromatic heterocycles. The molecule has 1 aliphatic rings. The van der Waals surface area contributed by atoms with Crippen molar-refractivity contribution in [2.24, 2.45) is 20.0 Å². The molecule has 0 aliphatic heterocycles. The molecule has 1 atom stereocenters. The number of rotatable bonds is 4. The molecule has 0 radical (unpaired) electrons. The van der Waals surface area contributed by atoms with Gasteiger partial charge in [-0.3, -0.25) is 23.3 Å². The van der Waals surface area contributed by atoms with E-state index in [1.807, 2.05) is 6.92 Å². The number of aromatic nitrogens is 4. The van der Waals surface area contributed by atoms with Gasteiger partial charge < -0.3 is 5.32 Å². The van der Waals surface area contributed by atoms with Gasteiger partial charge in [0.15, 0.2) is 11.2 Å². The number of carbonyl (C=O) groups excluding carboxylic acids is 1. The lowest BCUT2D eigenvalue weighted by Gasteiger charge is -2.13. The smallest absolute Gasteiger partial charge is 0.332 e. The van der Waals surface area contributed by atoms with Gasteiger partial charge in [-0.05, 0) is 37.3 Å². The van der Waals surface area contributed by atoms with Crippen LogP contribution in [0.1, 0.15) is 19.8 Å². The van der Waals surface area contributed by atoms with Crippen LogP contribution in [0.5, 0.6) is 0 Å². The number of fused-ring (bicyclic) bond motifs is 1. The second kappa shape index (κ2) is 5.52. The topological polar surface area (TPSA) is 90.9 Å². The minimum atomic E-state index is -0.523. The van der Waals surface area contributed by atoms with E-state index in [-0.39, 0.29) is 34.9 Å². The van der Waals surface area contributed by atoms with Gasteiger partial charge in [-0.25, -0.2) is 4.79 Å². The number of hydrogen-bond donors (Lipinski definition) is 1. The first-order chi connectivity index (χ1) is 10.8. The Morgan fingerprint density at radius 2 is 2.00 bits per heavy atom. The largest absolute Gasteiger partial charge is 0.352 e. The van der Waals surface area contributed by atoms with E-state index in [0.29, 0.717) is 5.92 Å². The number of nitrogens with zero attached hydrogens (tertiary/aromatic N) is 4. The van der Waals surface area contributed by atoms with Crippen molar-refractivity contribution in [1.29, 1.82) is 0 Å². The number of hydrogen-bond acceptors (Lipinski definition) is 4. The van der Waals surface area contributed by atoms with Crippen LogP contribution in [-0.2, 0) is 25.4 Å². The second-order valence-corrected chi connectivity index (χ2v) is 6.38. The van der Waals surface area contributed by atoms with Crippen LogP contribution in [0.4, 0.5) is 0 Å². The highest BCUT2D eigenvalue weighted by Crippen LogP contribution is 2.32. The summed E-state index contributed by atoms with van der Waals surface area (Å²) in [6.07, 6.45) is 2.25. The molecule has 0 bridgehead atoms. The molecule has 1 N–H and O–H groups in total. The molecule has 0 aromatic carbocycles. The maximum absolute atomic E-state index is 12.4. The minimum Gasteiger partial charge on any atom is -0.352 e. The molecule has 2 heterocycles. The van der Waals surface area contributed by atoms with E-state index in [2.05, 4.69) is 10.3 Å². The summed E-state index contributed by atoms with van der Waals surface area (Å²) in [5.74, 6) is 0.296. The van der Waals surface area contributed by atoms with Crippen molar-refractivity contribution < 1.29 is 4.79 Å². The standard InChI is InChI=1S/C14H18ClN5O3/c1-7(8-4-5-8)16-9(21)6-20-10-11(17-13(20)15)18(2)14(23)19(3)12(10)22/h7-8H,4-6H2,1-3H3,(H,16,21)/t7-/m0/s1. The fourth-order valence-electron chi connectivity index (χ4n) is 2.72. The summed E-state index contributed by atoms with van der Waals surface area (Å²) < 4.78 is 3.55. The Balaban J connectivity index is 2.00. The SMILES string of the molecule is C[C@H](NC(=O)Cn1c(Cl)nc2c1c(=O)n(C)c(=O)n2C)C1CC1. The lowest BCUT2D eigenvalue weighted by atomic mass is 10.2. The van der Waals surface area contributed by atoms with Gasteiger partial charge in [-0.15, -0.1) is 0 Å². The molecule has 0 spiro atoms. The Hall–Kier alpha value is -2.09. The third-order valence-corrected chi connectivity index (χ3v) is 4.61. The molecule has 2 aromatic rings. The van der Waals surface area contributed by atoms with Gasteiger partial charge in [0, 0.05) is 20.1 Å². The van der Waals surface area contributed by atoms with Gasteiger partial charge in [-0.2, -0.15) is 4.98 Å². The van der Waals surface area contributed by atoms with E-state index < -0.39 is 11.2 Å². The zero-order valence-electron chi connectivity index (χ0n) is 13.2. The first kappa shape index (κ1) is 15.8. The average Bonchev–Trinajstić information content (AvgIpc) is 3.29. The molecule has 1 fully saturated rings. The van der Waals surface area contributed by atoms with Gasteiger partial charge in [0.25, 0.3) is 5.56 Å². The van der Waals surface area contributed by atoms with Crippen LogP contribution >= 0.6 is 11.6 Å². The molecule has 23 heavy (non-hydrogen) atoms. The van der Waals surface area contributed by atoms with Crippen molar-refractivity contribution in [3.8, 4) is 0 Å². The van der Waals surface area contributed by atoms with Crippen LogP contribution in [0.25, 0.3) is 11.2 Å². The average molecular weight is 340 g/mol. The van der Waals surface area contributed by atoms with Crippen molar-refractivity contribution in [2.75, 3.05) is 0 Å². The van der Waals surface area contributed by atoms with Crippen LogP contribution in [0.15, 0.2) is 9.59 Å². The highest BCUT2D eigenvalue weighted by molar-refractivity contribution is 6.29. The Labute approximate surface area is 136 Å². The van der Waals surface area contributed by atoms with E-state index >= 15 is 0 Å². The first-order valence-corrected chi connectivity index (χ1v) is 7.80. The second-order valence-electron chi connectivity index (χ2n) is 6.04. The van der Waals surface area contributed by atoms with Gasteiger partial charge in [0.1, 0.15) is 6.54 Å². The number of imidazole rings is 1. The van der Waals surface area contributed by atoms with Crippen LogP contribution in [-0.4, -0.2) is 30.6 Å². The lowest BCUT2D eigenvalue weighted by Crippen LogP contribution is -2.39. The highest BCUT2D eigenvalue weighted by Gasteiger charge is 2.29. The normalized spacial score (nSPS) is 15.8. The monoisotopic (exact) mass is 339 g/mol. The molecular weight excluding hydrogens is 322 g/mol. The zero-order valence-corrected chi connectivity index (χ0v) is 13.9. The van der Waals surface area contributed by atoms with Crippen LogP contribution in [0, 0.1) is 5.92 Å². The fourth-order valence-corrected chi connectivity index (χ4v) is 2.95. The third kappa shape index (κ3) is 2.67. The predicted molar refractivity (Wildman–Crippen MR) is 85.6 cm³/mol. The van der Waals surface area contributed by atoms with E-state index in [0.717, 1.165) is 17.4 Å². The van der Waals surface area contributed by atoms with Gasteiger partial charge in [0.05, 0.1) is 0 Å². The van der Waals surface area contributed by atoms with Gasteiger partial charge in [0.2, 0.25) is 11.2 Å². The first-order valence-electron chi connectivity index (χ1n) is 7.42. The van der Waals surface area contributed by atoms with Crippen molar-refractivity contribution in [1.82, 2.24) is 24.0 Å². The maximum atomic E-state index is 12.4. The summed E-state index contributed by atoms with van der Waals surface area (Å²) in [5.41, 5.74) is -0.693. The lowest BCUT2D eigenvalue weighted by molar-refractivity contribution is -0.122. The number of aryl methyl sites for hydroxylation is 1. The molecule has 124 valence electrons. The van der Waals surface area contributed by atoms with E-state index in [1.165, 1.54) is 23.2 Å². The fraction of sp³-hybridized carbons (Fsp3) is 0.571. The summed E-state index contributed by atoms with van der Waals surface area (Å²) in [7, 11) is 2.89. The quantitative estimate of drug-likeness (QED) is 0.794. The van der Waals surface area contributed by atoms with Crippen molar-refractivity contribution in [3.63, 3.8) is 0 Å². The molecule has 3 rings (SSSR count). The molecule has 0 saturated heterocycles. The Morgan fingerprint density at radius 1 is 1.35 bits per heavy atom. The number of carbonyl (C=O) groups is 1. The number of halogens is 1. The van der Waals surface area contributed by atoms with Crippen molar-refractivity contribution in [2.45, 2.75) is 32.4 Å². The minimum absolute atomic E-state index is 0.00697. The Morgan fingerprint density at radius 3 is 2.61 bits per heavy atom. The predicted octanol–water partition coefficient (Wildman–Crippen LogP) is 0.00180. The van der Waals surface area contributed by atoms with Gasteiger partial charge >= 0.3 is 5.69 Å². The maximum Gasteiger partial charge on any atom is 0.332 e. The summed E-state index contributed by atoms with van der Waals surface area (Å²) in [4.78, 5) is 40.5. The zero-order chi connectivity index (χ0) is 16.9.